The molecule has 1 unspecified atom stereocenters. The van der Waals surface area contributed by atoms with Crippen LogP contribution >= 0.6 is 0 Å². The molecule has 1 heterocycles. The Morgan fingerprint density at radius 2 is 1.87 bits per heavy atom. The quantitative estimate of drug-likeness (QED) is 0.793. The lowest BCUT2D eigenvalue weighted by molar-refractivity contribution is 0.132. The summed E-state index contributed by atoms with van der Waals surface area (Å²) in [6.45, 7) is 17.1. The fourth-order valence-electron chi connectivity index (χ4n) is 3.44. The lowest BCUT2D eigenvalue weighted by Gasteiger charge is -2.37. The van der Waals surface area contributed by atoms with Crippen molar-refractivity contribution in [2.45, 2.75) is 46.6 Å². The molecular formula is C20H35N3. The van der Waals surface area contributed by atoms with Crippen LogP contribution < -0.4 is 5.32 Å². The highest BCUT2D eigenvalue weighted by atomic mass is 15.2. The number of piperazine rings is 1. The molecule has 1 fully saturated rings. The van der Waals surface area contributed by atoms with Gasteiger partial charge in [-0.15, -0.1) is 0 Å². The maximum Gasteiger partial charge on any atom is 0.0475 e. The molecule has 0 spiro atoms. The molecule has 1 atom stereocenters. The van der Waals surface area contributed by atoms with Gasteiger partial charge in [0, 0.05) is 38.8 Å². The van der Waals surface area contributed by atoms with Crippen LogP contribution in [0.3, 0.4) is 0 Å². The van der Waals surface area contributed by atoms with Gasteiger partial charge in [0.15, 0.2) is 0 Å². The third-order valence-electron chi connectivity index (χ3n) is 5.20. The maximum absolute atomic E-state index is 3.47. The fourth-order valence-corrected chi connectivity index (χ4v) is 3.44. The lowest BCUT2D eigenvalue weighted by atomic mass is 9.99. The van der Waals surface area contributed by atoms with Crippen molar-refractivity contribution in [3.63, 3.8) is 0 Å². The summed E-state index contributed by atoms with van der Waals surface area (Å²) in [4.78, 5) is 5.31. The number of unbranched alkanes of at least 4 members (excludes halogenated alkanes) is 1. The smallest absolute Gasteiger partial charge is 0.0475 e. The van der Waals surface area contributed by atoms with Crippen molar-refractivity contribution in [2.75, 3.05) is 45.8 Å². The first-order valence-electron chi connectivity index (χ1n) is 9.40. The first-order valence-corrected chi connectivity index (χ1v) is 9.40. The fraction of sp³-hybridized carbons (Fsp3) is 0.700. The van der Waals surface area contributed by atoms with Crippen LogP contribution in [-0.2, 0) is 0 Å². The molecule has 0 aliphatic carbocycles. The summed E-state index contributed by atoms with van der Waals surface area (Å²) in [6, 6.07) is 7.58. The summed E-state index contributed by atoms with van der Waals surface area (Å²) < 4.78 is 0. The van der Waals surface area contributed by atoms with Crippen LogP contribution in [0.15, 0.2) is 18.2 Å². The molecule has 0 amide bonds. The van der Waals surface area contributed by atoms with Crippen molar-refractivity contribution in [3.8, 4) is 0 Å². The van der Waals surface area contributed by atoms with Crippen molar-refractivity contribution in [1.29, 1.82) is 0 Å². The second-order valence-corrected chi connectivity index (χ2v) is 6.89. The first-order chi connectivity index (χ1) is 11.2. The molecule has 130 valence electrons. The van der Waals surface area contributed by atoms with Gasteiger partial charge in [-0.05, 0) is 50.0 Å². The highest BCUT2D eigenvalue weighted by Crippen LogP contribution is 2.25. The van der Waals surface area contributed by atoms with Gasteiger partial charge in [0.2, 0.25) is 0 Å². The Kier molecular flexibility index (Phi) is 7.54. The molecule has 1 saturated heterocycles. The Morgan fingerprint density at radius 1 is 1.13 bits per heavy atom. The van der Waals surface area contributed by atoms with Crippen molar-refractivity contribution >= 4 is 0 Å². The minimum atomic E-state index is 0.518. The van der Waals surface area contributed by atoms with Crippen LogP contribution in [0, 0.1) is 13.8 Å². The molecule has 1 aromatic rings. The van der Waals surface area contributed by atoms with Gasteiger partial charge in [-0.3, -0.25) is 9.80 Å². The highest BCUT2D eigenvalue weighted by Gasteiger charge is 2.23. The highest BCUT2D eigenvalue weighted by molar-refractivity contribution is 5.32. The van der Waals surface area contributed by atoms with Crippen LogP contribution in [0.25, 0.3) is 0 Å². The molecule has 1 aliphatic heterocycles. The van der Waals surface area contributed by atoms with E-state index in [0.717, 1.165) is 26.2 Å². The third kappa shape index (κ3) is 5.30. The largest absolute Gasteiger partial charge is 0.314 e. The zero-order valence-corrected chi connectivity index (χ0v) is 15.6. The zero-order valence-electron chi connectivity index (χ0n) is 15.6. The van der Waals surface area contributed by atoms with E-state index in [4.69, 9.17) is 0 Å². The number of hydrogen-bond donors (Lipinski definition) is 1. The van der Waals surface area contributed by atoms with Gasteiger partial charge >= 0.3 is 0 Å². The maximum atomic E-state index is 3.47. The summed E-state index contributed by atoms with van der Waals surface area (Å²) in [6.07, 6.45) is 2.56. The normalized spacial score (nSPS) is 17.6. The van der Waals surface area contributed by atoms with Crippen LogP contribution in [-0.4, -0.2) is 55.6 Å². The summed E-state index contributed by atoms with van der Waals surface area (Å²) in [5.74, 6) is 0. The van der Waals surface area contributed by atoms with E-state index in [1.54, 1.807) is 0 Å². The topological polar surface area (TPSA) is 18.5 Å². The predicted octanol–water partition coefficient (Wildman–Crippen LogP) is 3.37. The van der Waals surface area contributed by atoms with E-state index < -0.39 is 0 Å². The molecule has 3 heteroatoms. The van der Waals surface area contributed by atoms with E-state index in [2.05, 4.69) is 61.0 Å². The average Bonchev–Trinajstić information content (AvgIpc) is 2.58. The van der Waals surface area contributed by atoms with Gasteiger partial charge in [0.25, 0.3) is 0 Å². The Labute approximate surface area is 143 Å². The van der Waals surface area contributed by atoms with Crippen LogP contribution in [0.5, 0.6) is 0 Å². The van der Waals surface area contributed by atoms with Crippen molar-refractivity contribution < 1.29 is 0 Å². The second kappa shape index (κ2) is 9.41. The van der Waals surface area contributed by atoms with E-state index in [9.17, 15) is 0 Å². The average molecular weight is 318 g/mol. The lowest BCUT2D eigenvalue weighted by Crippen LogP contribution is -2.47. The first kappa shape index (κ1) is 18.4. The van der Waals surface area contributed by atoms with E-state index in [1.165, 1.54) is 49.2 Å². The van der Waals surface area contributed by atoms with Crippen LogP contribution in [0.2, 0.25) is 0 Å². The molecule has 0 saturated carbocycles. The second-order valence-electron chi connectivity index (χ2n) is 6.89. The summed E-state index contributed by atoms with van der Waals surface area (Å²) in [5, 5.41) is 3.47. The van der Waals surface area contributed by atoms with Gasteiger partial charge in [-0.25, -0.2) is 0 Å². The van der Waals surface area contributed by atoms with E-state index in [-0.39, 0.29) is 0 Å². The summed E-state index contributed by atoms with van der Waals surface area (Å²) >= 11 is 0. The Balaban J connectivity index is 2.19. The van der Waals surface area contributed by atoms with Gasteiger partial charge in [-0.1, -0.05) is 38.5 Å². The van der Waals surface area contributed by atoms with Crippen LogP contribution in [0.4, 0.5) is 0 Å². The number of likely N-dealkylation sites (N-methyl/N-ethyl adjacent to an activating group) is 1. The minimum Gasteiger partial charge on any atom is -0.314 e. The minimum absolute atomic E-state index is 0.518. The van der Waals surface area contributed by atoms with Crippen molar-refractivity contribution in [2.24, 2.45) is 0 Å². The molecule has 0 radical (unpaired) electrons. The van der Waals surface area contributed by atoms with Gasteiger partial charge < -0.3 is 5.32 Å². The van der Waals surface area contributed by atoms with Gasteiger partial charge in [0.1, 0.15) is 0 Å². The molecule has 0 aromatic heterocycles. The van der Waals surface area contributed by atoms with Crippen molar-refractivity contribution in [3.05, 3.63) is 34.9 Å². The summed E-state index contributed by atoms with van der Waals surface area (Å²) in [7, 11) is 0. The molecule has 23 heavy (non-hydrogen) atoms. The van der Waals surface area contributed by atoms with Gasteiger partial charge in [0.05, 0.1) is 0 Å². The van der Waals surface area contributed by atoms with E-state index in [0.29, 0.717) is 6.04 Å². The van der Waals surface area contributed by atoms with E-state index in [1.807, 2.05) is 0 Å². The number of nitrogens with zero attached hydrogens (tertiary/aromatic N) is 2. The number of benzene rings is 1. The van der Waals surface area contributed by atoms with Gasteiger partial charge in [-0.2, -0.15) is 0 Å². The Bertz CT molecular complexity index is 466. The molecule has 1 aromatic carbocycles. The standard InChI is InChI=1S/C20H35N3/c1-5-7-12-23(6-2)20(16-22-13-10-21-11-14-22)19-9-8-17(3)18(4)15-19/h8-9,15,20-21H,5-7,10-14,16H2,1-4H3. The SMILES string of the molecule is CCCCN(CC)C(CN1CCNCC1)c1ccc(C)c(C)c1. The van der Waals surface area contributed by atoms with E-state index >= 15 is 0 Å². The Hall–Kier alpha value is -0.900. The molecule has 2 rings (SSSR count). The summed E-state index contributed by atoms with van der Waals surface area (Å²) in [5.41, 5.74) is 4.30. The molecule has 1 N–H and O–H groups in total. The zero-order chi connectivity index (χ0) is 16.7. The predicted molar refractivity (Wildman–Crippen MR) is 100 cm³/mol. The number of rotatable bonds is 8. The van der Waals surface area contributed by atoms with Crippen LogP contribution in [0.1, 0.15) is 49.4 Å². The third-order valence-corrected chi connectivity index (χ3v) is 5.20. The number of aryl methyl sites for hydroxylation is 2. The number of nitrogens with one attached hydrogen (secondary N) is 1. The monoisotopic (exact) mass is 317 g/mol. The molecule has 3 nitrogen and oxygen atoms in total. The molecule has 1 aliphatic rings. The van der Waals surface area contributed by atoms with Crippen molar-refractivity contribution in [1.82, 2.24) is 15.1 Å². The molecular weight excluding hydrogens is 282 g/mol. The Morgan fingerprint density at radius 3 is 2.48 bits per heavy atom. The molecule has 0 bridgehead atoms. The number of hydrogen-bond acceptors (Lipinski definition) is 3.